The van der Waals surface area contributed by atoms with Crippen LogP contribution in [0.3, 0.4) is 0 Å². The van der Waals surface area contributed by atoms with Crippen molar-refractivity contribution < 1.29 is 28.6 Å². The lowest BCUT2D eigenvalue weighted by atomic mass is 10.0. The molecule has 0 atom stereocenters. The van der Waals surface area contributed by atoms with E-state index in [2.05, 4.69) is 75.4 Å². The third-order valence-electron chi connectivity index (χ3n) is 8.32. The quantitative estimate of drug-likeness (QED) is 0.105. The summed E-state index contributed by atoms with van der Waals surface area (Å²) in [6.45, 7) is 16.1. The highest BCUT2D eigenvalue weighted by atomic mass is 32.2. The molecule has 0 aliphatic heterocycles. The molecule has 0 aliphatic rings. The molecule has 6 nitrogen and oxygen atoms in total. The standard InChI is InChI=1S/C22H26O4S.C14H11O2S.C12H8S/c1-11-9-10-12(2)21(13(11)3)27-22-15(5)14(4)19(25-17(7)23)20(16(22)6)26-18(8)24;1-11(15)16-12-7-9-14(10-8-12)17-13-5-3-2-4-6-13;1-3-7-11(8-4-1)13-12-9-5-2-6-10-12/h9-10H,1-8H3;3-10H,1H3;3-10H. The van der Waals surface area contributed by atoms with E-state index in [1.54, 1.807) is 47.4 Å². The predicted molar refractivity (Wildman–Crippen MR) is 230 cm³/mol. The molecule has 0 amide bonds. The summed E-state index contributed by atoms with van der Waals surface area (Å²) in [5.41, 5.74) is 6.23. The molecule has 0 heterocycles. The fourth-order valence-corrected chi connectivity index (χ4v) is 8.20. The molecular formula is C48H45O6S3. The second-order valence-corrected chi connectivity index (χ2v) is 16.1. The molecular weight excluding hydrogens is 769 g/mol. The highest BCUT2D eigenvalue weighted by molar-refractivity contribution is 8.00. The van der Waals surface area contributed by atoms with Crippen LogP contribution in [-0.4, -0.2) is 17.9 Å². The molecule has 0 aliphatic carbocycles. The van der Waals surface area contributed by atoms with Crippen molar-refractivity contribution in [3.63, 3.8) is 0 Å². The number of aryl methyl sites for hydroxylation is 2. The van der Waals surface area contributed by atoms with E-state index in [1.165, 1.54) is 52.1 Å². The van der Waals surface area contributed by atoms with Crippen LogP contribution < -0.4 is 14.2 Å². The highest BCUT2D eigenvalue weighted by Gasteiger charge is 2.24. The van der Waals surface area contributed by atoms with Gasteiger partial charge in [-0.05, 0) is 148 Å². The summed E-state index contributed by atoms with van der Waals surface area (Å²) >= 11 is 5.06. The Bertz CT molecular complexity index is 2240. The van der Waals surface area contributed by atoms with Crippen LogP contribution in [0.4, 0.5) is 0 Å². The van der Waals surface area contributed by atoms with Gasteiger partial charge in [-0.2, -0.15) is 0 Å². The van der Waals surface area contributed by atoms with Gasteiger partial charge in [-0.3, -0.25) is 14.4 Å². The lowest BCUT2D eigenvalue weighted by molar-refractivity contribution is -0.134. The molecule has 0 saturated heterocycles. The first kappa shape index (κ1) is 44.5. The summed E-state index contributed by atoms with van der Waals surface area (Å²) < 4.78 is 15.8. The van der Waals surface area contributed by atoms with E-state index in [0.717, 1.165) is 31.4 Å². The van der Waals surface area contributed by atoms with Crippen LogP contribution in [0.2, 0.25) is 0 Å². The van der Waals surface area contributed by atoms with Crippen molar-refractivity contribution in [1.82, 2.24) is 0 Å². The van der Waals surface area contributed by atoms with Gasteiger partial charge in [0, 0.05) is 55.7 Å². The predicted octanol–water partition coefficient (Wildman–Crippen LogP) is 12.5. The van der Waals surface area contributed by atoms with Gasteiger partial charge < -0.3 is 14.2 Å². The Morgan fingerprint density at radius 2 is 0.789 bits per heavy atom. The first-order chi connectivity index (χ1) is 27.2. The Labute approximate surface area is 349 Å². The Morgan fingerprint density at radius 1 is 0.404 bits per heavy atom. The molecule has 57 heavy (non-hydrogen) atoms. The minimum absolute atomic E-state index is 0.302. The van der Waals surface area contributed by atoms with Gasteiger partial charge in [-0.15, -0.1) is 0 Å². The van der Waals surface area contributed by atoms with Gasteiger partial charge in [0.1, 0.15) is 5.75 Å². The zero-order valence-electron chi connectivity index (χ0n) is 33.6. The monoisotopic (exact) mass is 813 g/mol. The number of benzene rings is 6. The summed E-state index contributed by atoms with van der Waals surface area (Å²) in [4.78, 5) is 40.9. The van der Waals surface area contributed by atoms with E-state index in [9.17, 15) is 14.4 Å². The zero-order valence-corrected chi connectivity index (χ0v) is 36.0. The Kier molecular flexibility index (Phi) is 17.1. The first-order valence-electron chi connectivity index (χ1n) is 18.0. The minimum atomic E-state index is -0.450. The van der Waals surface area contributed by atoms with Gasteiger partial charge in [0.15, 0.2) is 11.5 Å². The van der Waals surface area contributed by atoms with Crippen molar-refractivity contribution in [2.75, 3.05) is 0 Å². The molecule has 0 saturated carbocycles. The molecule has 6 aromatic rings. The van der Waals surface area contributed by atoms with Crippen molar-refractivity contribution in [3.8, 4) is 17.2 Å². The van der Waals surface area contributed by atoms with Crippen molar-refractivity contribution in [1.29, 1.82) is 0 Å². The van der Waals surface area contributed by atoms with Crippen LogP contribution in [0.5, 0.6) is 17.2 Å². The molecule has 6 rings (SSSR count). The topological polar surface area (TPSA) is 78.9 Å². The average Bonchev–Trinajstić information content (AvgIpc) is 3.19. The smallest absolute Gasteiger partial charge is 0.308 e. The van der Waals surface area contributed by atoms with Crippen LogP contribution in [0.1, 0.15) is 54.2 Å². The number of hydrogen-bond donors (Lipinski definition) is 0. The molecule has 0 fully saturated rings. The molecule has 0 unspecified atom stereocenters. The third kappa shape index (κ3) is 13.7. The average molecular weight is 814 g/mol. The lowest BCUT2D eigenvalue weighted by Crippen LogP contribution is -2.11. The summed E-state index contributed by atoms with van der Waals surface area (Å²) in [7, 11) is 0. The number of hydrogen-bond acceptors (Lipinski definition) is 9. The van der Waals surface area contributed by atoms with Crippen LogP contribution >= 0.6 is 35.3 Å². The zero-order chi connectivity index (χ0) is 41.5. The van der Waals surface area contributed by atoms with Gasteiger partial charge in [0.2, 0.25) is 0 Å². The SMILES string of the molecule is CC(=O)Oc1c(C)c(C)c(Sc2c(C)ccc(C)c2C)c(C)c1OC(C)=O.CC(=O)Oc1ccc(Sc2cc[c]cc2)cc1.[c]1ccc(Sc2cc[c]cc2)cc1. The van der Waals surface area contributed by atoms with Crippen molar-refractivity contribution in [3.05, 3.63) is 161 Å². The lowest BCUT2D eigenvalue weighted by Gasteiger charge is -2.21. The van der Waals surface area contributed by atoms with Crippen LogP contribution in [0.25, 0.3) is 0 Å². The number of carbonyl (C=O) groups is 3. The van der Waals surface area contributed by atoms with E-state index in [-0.39, 0.29) is 5.97 Å². The van der Waals surface area contributed by atoms with Crippen LogP contribution in [-0.2, 0) is 14.4 Å². The Morgan fingerprint density at radius 3 is 1.21 bits per heavy atom. The van der Waals surface area contributed by atoms with Gasteiger partial charge in [0.05, 0.1) is 0 Å². The third-order valence-corrected chi connectivity index (χ3v) is 12.0. The Hall–Kier alpha value is -5.22. The molecule has 0 bridgehead atoms. The van der Waals surface area contributed by atoms with Crippen molar-refractivity contribution in [2.45, 2.75) is 91.7 Å². The van der Waals surface area contributed by atoms with Gasteiger partial charge in [-0.25, -0.2) is 0 Å². The number of carbonyl (C=O) groups excluding carboxylic acids is 3. The van der Waals surface area contributed by atoms with Crippen LogP contribution in [0.15, 0.2) is 139 Å². The van der Waals surface area contributed by atoms with E-state index in [0.29, 0.717) is 17.2 Å². The van der Waals surface area contributed by atoms with Gasteiger partial charge >= 0.3 is 17.9 Å². The summed E-state index contributed by atoms with van der Waals surface area (Å²) in [6.07, 6.45) is 0. The number of esters is 3. The van der Waals surface area contributed by atoms with E-state index >= 15 is 0 Å². The van der Waals surface area contributed by atoms with Crippen LogP contribution in [0, 0.1) is 59.7 Å². The second kappa shape index (κ2) is 21.9. The largest absolute Gasteiger partial charge is 0.427 e. The summed E-state index contributed by atoms with van der Waals surface area (Å²) in [6, 6.07) is 44.4. The van der Waals surface area contributed by atoms with Crippen molar-refractivity contribution in [2.24, 2.45) is 0 Å². The van der Waals surface area contributed by atoms with Gasteiger partial charge in [-0.1, -0.05) is 83.8 Å². The van der Waals surface area contributed by atoms with E-state index in [1.807, 2.05) is 81.4 Å². The molecule has 0 aromatic heterocycles. The molecule has 9 heteroatoms. The molecule has 6 aromatic carbocycles. The Balaban J connectivity index is 0.000000204. The summed E-state index contributed by atoms with van der Waals surface area (Å²) in [5.74, 6) is -0.00191. The molecule has 0 N–H and O–H groups in total. The number of ether oxygens (including phenoxy) is 3. The van der Waals surface area contributed by atoms with Gasteiger partial charge in [0.25, 0.3) is 0 Å². The van der Waals surface area contributed by atoms with E-state index < -0.39 is 11.9 Å². The maximum absolute atomic E-state index is 11.7. The summed E-state index contributed by atoms with van der Waals surface area (Å²) in [5, 5.41) is 0. The normalized spacial score (nSPS) is 10.3. The minimum Gasteiger partial charge on any atom is -0.427 e. The second-order valence-electron chi connectivity index (χ2n) is 12.8. The first-order valence-corrected chi connectivity index (χ1v) is 20.5. The maximum atomic E-state index is 11.7. The molecule has 3 radical (unpaired) electrons. The fourth-order valence-electron chi connectivity index (χ4n) is 5.27. The molecule has 0 spiro atoms. The van der Waals surface area contributed by atoms with Crippen molar-refractivity contribution >= 4 is 53.2 Å². The highest BCUT2D eigenvalue weighted by Crippen LogP contribution is 2.47. The maximum Gasteiger partial charge on any atom is 0.308 e. The molecule has 291 valence electrons. The fraction of sp³-hybridized carbons (Fsp3) is 0.188. The number of rotatable bonds is 9. The van der Waals surface area contributed by atoms with E-state index in [4.69, 9.17) is 14.2 Å².